The maximum atomic E-state index is 13.3. The molecule has 1 aromatic heterocycles. The van der Waals surface area contributed by atoms with Crippen LogP contribution >= 0.6 is 11.3 Å². The third kappa shape index (κ3) is 4.47. The third-order valence-electron chi connectivity index (χ3n) is 5.31. The molecular weight excluding hydrogens is 392 g/mol. The Morgan fingerprint density at radius 3 is 2.68 bits per heavy atom. The van der Waals surface area contributed by atoms with E-state index in [1.165, 1.54) is 21.0 Å². The molecule has 0 fully saturated rings. The van der Waals surface area contributed by atoms with Crippen molar-refractivity contribution in [1.82, 2.24) is 9.21 Å². The van der Waals surface area contributed by atoms with Gasteiger partial charge in [0.25, 0.3) is 0 Å². The first-order valence-corrected chi connectivity index (χ1v) is 12.4. The minimum atomic E-state index is -3.42. The van der Waals surface area contributed by atoms with Crippen LogP contribution in [0.4, 0.5) is 0 Å². The highest BCUT2D eigenvalue weighted by Gasteiger charge is 2.34. The highest BCUT2D eigenvalue weighted by atomic mass is 32.2. The van der Waals surface area contributed by atoms with Crippen LogP contribution in [0.15, 0.2) is 35.7 Å². The Morgan fingerprint density at radius 2 is 2.00 bits per heavy atom. The number of fused-ring (bicyclic) bond motifs is 1. The summed E-state index contributed by atoms with van der Waals surface area (Å²) >= 11 is 1.73. The quantitative estimate of drug-likeness (QED) is 0.688. The number of rotatable bonds is 7. The summed E-state index contributed by atoms with van der Waals surface area (Å²) in [6, 6.07) is 10.1. The summed E-state index contributed by atoms with van der Waals surface area (Å²) in [7, 11) is -3.42. The van der Waals surface area contributed by atoms with Gasteiger partial charge >= 0.3 is 0 Å². The van der Waals surface area contributed by atoms with Gasteiger partial charge in [-0.3, -0.25) is 4.79 Å². The molecule has 3 rings (SSSR count). The monoisotopic (exact) mass is 420 g/mol. The first-order valence-electron chi connectivity index (χ1n) is 9.69. The molecule has 1 atom stereocenters. The Morgan fingerprint density at radius 1 is 1.25 bits per heavy atom. The smallest absolute Gasteiger partial charge is 0.238 e. The van der Waals surface area contributed by atoms with Gasteiger partial charge in [0, 0.05) is 18.0 Å². The minimum Gasteiger partial charge on any atom is -0.330 e. The van der Waals surface area contributed by atoms with Gasteiger partial charge in [-0.05, 0) is 47.9 Å². The van der Waals surface area contributed by atoms with Crippen molar-refractivity contribution in [2.45, 2.75) is 39.2 Å². The molecule has 0 aliphatic carbocycles. The van der Waals surface area contributed by atoms with Crippen molar-refractivity contribution in [2.75, 3.05) is 25.9 Å². The van der Waals surface area contributed by atoms with Gasteiger partial charge in [0.2, 0.25) is 15.9 Å². The number of nitrogens with zero attached hydrogens (tertiary/aromatic N) is 2. The van der Waals surface area contributed by atoms with Crippen LogP contribution in [0.2, 0.25) is 0 Å². The Hall–Kier alpha value is -1.70. The summed E-state index contributed by atoms with van der Waals surface area (Å²) < 4.78 is 25.7. The molecule has 1 amide bonds. The van der Waals surface area contributed by atoms with E-state index in [9.17, 15) is 13.2 Å². The maximum Gasteiger partial charge on any atom is 0.238 e. The van der Waals surface area contributed by atoms with Gasteiger partial charge in [0.1, 0.15) is 0 Å². The number of thiophene rings is 1. The molecule has 152 valence electrons. The van der Waals surface area contributed by atoms with Crippen LogP contribution in [0.5, 0.6) is 0 Å². The molecule has 0 saturated heterocycles. The van der Waals surface area contributed by atoms with Crippen LogP contribution in [0.25, 0.3) is 0 Å². The molecule has 1 unspecified atom stereocenters. The molecule has 0 bridgehead atoms. The van der Waals surface area contributed by atoms with E-state index in [0.29, 0.717) is 13.1 Å². The first-order chi connectivity index (χ1) is 13.3. The average Bonchev–Trinajstić information content (AvgIpc) is 3.12. The normalized spacial score (nSPS) is 17.0. The second-order valence-corrected chi connectivity index (χ2v) is 10.3. The Labute approximate surface area is 172 Å². The summed E-state index contributed by atoms with van der Waals surface area (Å²) in [6.07, 6.45) is 3.63. The zero-order chi connectivity index (χ0) is 20.3. The maximum absolute atomic E-state index is 13.3. The number of hydrogen-bond donors (Lipinski definition) is 0. The number of carbonyl (C=O) groups excluding carboxylic acids is 1. The standard InChI is InChI=1S/C21H28N2O3S2/c1-4-5-12-22(28(3,25)26)15-20(24)23-13-10-19-18(11-14-27-19)21(23)17-9-7-6-8-16(17)2/h6-9,11,14,21H,4-5,10,12-13,15H2,1-3H3. The van der Waals surface area contributed by atoms with Gasteiger partial charge in [-0.25, -0.2) is 8.42 Å². The van der Waals surface area contributed by atoms with Gasteiger partial charge in [-0.15, -0.1) is 11.3 Å². The molecule has 0 spiro atoms. The molecule has 5 nitrogen and oxygen atoms in total. The second kappa shape index (κ2) is 8.76. The van der Waals surface area contributed by atoms with E-state index < -0.39 is 10.0 Å². The molecule has 2 aromatic rings. The summed E-state index contributed by atoms with van der Waals surface area (Å²) in [4.78, 5) is 16.4. The number of aryl methyl sites for hydroxylation is 1. The molecule has 1 aliphatic rings. The predicted molar refractivity (Wildman–Crippen MR) is 114 cm³/mol. The summed E-state index contributed by atoms with van der Waals surface area (Å²) in [5.74, 6) is -0.133. The fourth-order valence-corrected chi connectivity index (χ4v) is 5.46. The number of benzene rings is 1. The number of hydrogen-bond acceptors (Lipinski definition) is 4. The lowest BCUT2D eigenvalue weighted by Crippen LogP contribution is -2.46. The summed E-state index contributed by atoms with van der Waals surface area (Å²) in [6.45, 7) is 4.97. The Bertz CT molecular complexity index is 937. The molecule has 2 heterocycles. The van der Waals surface area contributed by atoms with E-state index in [0.717, 1.165) is 30.4 Å². The number of sulfonamides is 1. The lowest BCUT2D eigenvalue weighted by Gasteiger charge is -2.38. The summed E-state index contributed by atoms with van der Waals surface area (Å²) in [5, 5.41) is 2.08. The van der Waals surface area contributed by atoms with Gasteiger partial charge < -0.3 is 4.90 Å². The number of amides is 1. The topological polar surface area (TPSA) is 57.7 Å². The van der Waals surface area contributed by atoms with Crippen molar-refractivity contribution >= 4 is 27.3 Å². The largest absolute Gasteiger partial charge is 0.330 e. The van der Waals surface area contributed by atoms with Gasteiger partial charge in [0.05, 0.1) is 18.8 Å². The van der Waals surface area contributed by atoms with Crippen LogP contribution < -0.4 is 0 Å². The molecular formula is C21H28N2O3S2. The van der Waals surface area contributed by atoms with Gasteiger partial charge in [-0.1, -0.05) is 37.6 Å². The highest BCUT2D eigenvalue weighted by Crippen LogP contribution is 2.39. The zero-order valence-corrected chi connectivity index (χ0v) is 18.4. The SMILES string of the molecule is CCCCN(CC(=O)N1CCc2sccc2C1c1ccccc1C)S(C)(=O)=O. The lowest BCUT2D eigenvalue weighted by atomic mass is 9.90. The molecule has 0 radical (unpaired) electrons. The van der Waals surface area contributed by atoms with Crippen LogP contribution in [0.1, 0.15) is 47.4 Å². The zero-order valence-electron chi connectivity index (χ0n) is 16.7. The number of unbranched alkanes of at least 4 members (excludes halogenated alkanes) is 1. The van der Waals surface area contributed by atoms with Crippen molar-refractivity contribution < 1.29 is 13.2 Å². The van der Waals surface area contributed by atoms with Crippen LogP contribution in [-0.2, 0) is 21.2 Å². The summed E-state index contributed by atoms with van der Waals surface area (Å²) in [5.41, 5.74) is 3.41. The Balaban J connectivity index is 1.93. The van der Waals surface area contributed by atoms with Gasteiger partial charge in [0.15, 0.2) is 0 Å². The van der Waals surface area contributed by atoms with Crippen LogP contribution in [-0.4, -0.2) is 49.4 Å². The molecule has 1 aromatic carbocycles. The molecule has 1 aliphatic heterocycles. The van der Waals surface area contributed by atoms with E-state index in [4.69, 9.17) is 0 Å². The van der Waals surface area contributed by atoms with Gasteiger partial charge in [-0.2, -0.15) is 4.31 Å². The molecule has 28 heavy (non-hydrogen) atoms. The lowest BCUT2D eigenvalue weighted by molar-refractivity contribution is -0.133. The van der Waals surface area contributed by atoms with Crippen LogP contribution in [0.3, 0.4) is 0 Å². The fraction of sp³-hybridized carbons (Fsp3) is 0.476. The van der Waals surface area contributed by atoms with Crippen molar-refractivity contribution in [1.29, 1.82) is 0 Å². The first kappa shape index (κ1) is 21.0. The van der Waals surface area contributed by atoms with E-state index in [1.807, 2.05) is 24.0 Å². The van der Waals surface area contributed by atoms with E-state index in [1.54, 1.807) is 11.3 Å². The van der Waals surface area contributed by atoms with Crippen molar-refractivity contribution in [2.24, 2.45) is 0 Å². The van der Waals surface area contributed by atoms with Crippen molar-refractivity contribution in [3.8, 4) is 0 Å². The third-order valence-corrected chi connectivity index (χ3v) is 7.56. The highest BCUT2D eigenvalue weighted by molar-refractivity contribution is 7.88. The molecule has 0 N–H and O–H groups in total. The van der Waals surface area contributed by atoms with Crippen molar-refractivity contribution in [3.05, 3.63) is 57.3 Å². The predicted octanol–water partition coefficient (Wildman–Crippen LogP) is 3.59. The molecule has 7 heteroatoms. The number of carbonyl (C=O) groups is 1. The second-order valence-electron chi connectivity index (χ2n) is 7.35. The van der Waals surface area contributed by atoms with E-state index >= 15 is 0 Å². The average molecular weight is 421 g/mol. The molecule has 0 saturated carbocycles. The van der Waals surface area contributed by atoms with E-state index in [-0.39, 0.29) is 18.5 Å². The van der Waals surface area contributed by atoms with Crippen LogP contribution in [0, 0.1) is 6.92 Å². The van der Waals surface area contributed by atoms with Crippen molar-refractivity contribution in [3.63, 3.8) is 0 Å². The minimum absolute atomic E-state index is 0.0965. The Kier molecular flexibility index (Phi) is 6.58. The fourth-order valence-electron chi connectivity index (χ4n) is 3.75. The van der Waals surface area contributed by atoms with E-state index in [2.05, 4.69) is 30.5 Å².